The number of nitrogens with zero attached hydrogens (tertiary/aromatic N) is 3. The first-order valence-corrected chi connectivity index (χ1v) is 7.38. The van der Waals surface area contributed by atoms with Crippen molar-refractivity contribution >= 4 is 0 Å². The van der Waals surface area contributed by atoms with Gasteiger partial charge in [0.15, 0.2) is 0 Å². The van der Waals surface area contributed by atoms with Crippen LogP contribution in [-0.4, -0.2) is 55.2 Å². The number of morpholine rings is 1. The van der Waals surface area contributed by atoms with Gasteiger partial charge in [-0.15, -0.1) is 0 Å². The van der Waals surface area contributed by atoms with Gasteiger partial charge in [0.05, 0.1) is 24.8 Å². The summed E-state index contributed by atoms with van der Waals surface area (Å²) >= 11 is 0. The Morgan fingerprint density at radius 3 is 2.60 bits per heavy atom. The van der Waals surface area contributed by atoms with E-state index in [-0.39, 0.29) is 0 Å². The molecule has 2 fully saturated rings. The molecular formula is C16H21N3O. The van der Waals surface area contributed by atoms with Gasteiger partial charge in [-0.25, -0.2) is 0 Å². The molecule has 1 unspecified atom stereocenters. The lowest BCUT2D eigenvalue weighted by Gasteiger charge is -2.32. The average molecular weight is 271 g/mol. The standard InChI is InChI=1S/C16H21N3O/c17-11-14-1-3-15(4-2-14)12-18-6-5-16(13-18)19-7-9-20-10-8-19/h1-4,16H,5-10,12-13H2. The van der Waals surface area contributed by atoms with Crippen molar-refractivity contribution in [3.05, 3.63) is 35.4 Å². The van der Waals surface area contributed by atoms with Gasteiger partial charge in [-0.2, -0.15) is 5.26 Å². The molecule has 0 amide bonds. The van der Waals surface area contributed by atoms with Crippen LogP contribution in [0.25, 0.3) is 0 Å². The lowest BCUT2D eigenvalue weighted by Crippen LogP contribution is -2.44. The van der Waals surface area contributed by atoms with Crippen LogP contribution in [0.4, 0.5) is 0 Å². The highest BCUT2D eigenvalue weighted by Crippen LogP contribution is 2.19. The van der Waals surface area contributed by atoms with Crippen molar-refractivity contribution in [2.24, 2.45) is 0 Å². The van der Waals surface area contributed by atoms with E-state index in [1.54, 1.807) is 0 Å². The molecule has 3 rings (SSSR count). The quantitative estimate of drug-likeness (QED) is 0.834. The zero-order valence-corrected chi connectivity index (χ0v) is 11.8. The highest BCUT2D eigenvalue weighted by Gasteiger charge is 2.28. The molecule has 0 N–H and O–H groups in total. The Kier molecular flexibility index (Phi) is 4.31. The third-order valence-electron chi connectivity index (χ3n) is 4.30. The minimum absolute atomic E-state index is 0.692. The molecular weight excluding hydrogens is 250 g/mol. The molecule has 2 aliphatic heterocycles. The van der Waals surface area contributed by atoms with Crippen molar-refractivity contribution < 1.29 is 4.74 Å². The predicted molar refractivity (Wildman–Crippen MR) is 77.2 cm³/mol. The van der Waals surface area contributed by atoms with Crippen LogP contribution < -0.4 is 0 Å². The number of hydrogen-bond acceptors (Lipinski definition) is 4. The molecule has 106 valence electrons. The molecule has 2 aliphatic rings. The van der Waals surface area contributed by atoms with Crippen molar-refractivity contribution in [1.82, 2.24) is 9.80 Å². The van der Waals surface area contributed by atoms with Crippen molar-refractivity contribution in [2.75, 3.05) is 39.4 Å². The topological polar surface area (TPSA) is 39.5 Å². The minimum Gasteiger partial charge on any atom is -0.379 e. The first-order valence-electron chi connectivity index (χ1n) is 7.38. The number of nitriles is 1. The SMILES string of the molecule is N#Cc1ccc(CN2CCC(N3CCOCC3)C2)cc1. The molecule has 0 saturated carbocycles. The van der Waals surface area contributed by atoms with Gasteiger partial charge in [0, 0.05) is 38.8 Å². The number of benzene rings is 1. The van der Waals surface area contributed by atoms with E-state index in [1.807, 2.05) is 12.1 Å². The van der Waals surface area contributed by atoms with E-state index in [1.165, 1.54) is 18.5 Å². The van der Waals surface area contributed by atoms with E-state index < -0.39 is 0 Å². The maximum absolute atomic E-state index is 8.82. The monoisotopic (exact) mass is 271 g/mol. The third-order valence-corrected chi connectivity index (χ3v) is 4.30. The maximum atomic E-state index is 8.82. The molecule has 0 bridgehead atoms. The number of likely N-dealkylation sites (tertiary alicyclic amines) is 1. The molecule has 4 nitrogen and oxygen atoms in total. The Balaban J connectivity index is 1.53. The van der Waals surface area contributed by atoms with Crippen LogP contribution in [0.15, 0.2) is 24.3 Å². The van der Waals surface area contributed by atoms with Crippen molar-refractivity contribution in [1.29, 1.82) is 5.26 Å². The molecule has 20 heavy (non-hydrogen) atoms. The summed E-state index contributed by atoms with van der Waals surface area (Å²) in [5.41, 5.74) is 2.04. The van der Waals surface area contributed by atoms with Gasteiger partial charge in [0.1, 0.15) is 0 Å². The summed E-state index contributed by atoms with van der Waals surface area (Å²) in [7, 11) is 0. The van der Waals surface area contributed by atoms with Crippen molar-refractivity contribution in [2.45, 2.75) is 19.0 Å². The van der Waals surface area contributed by atoms with Gasteiger partial charge >= 0.3 is 0 Å². The largest absolute Gasteiger partial charge is 0.379 e. The van der Waals surface area contributed by atoms with Crippen LogP contribution in [0, 0.1) is 11.3 Å². The van der Waals surface area contributed by atoms with Crippen LogP contribution in [0.3, 0.4) is 0 Å². The first kappa shape index (κ1) is 13.6. The Hall–Kier alpha value is -1.41. The lowest BCUT2D eigenvalue weighted by molar-refractivity contribution is 0.0184. The van der Waals surface area contributed by atoms with Gasteiger partial charge in [-0.05, 0) is 24.1 Å². The summed E-state index contributed by atoms with van der Waals surface area (Å²) in [5, 5.41) is 8.82. The summed E-state index contributed by atoms with van der Waals surface area (Å²) in [6.45, 7) is 7.23. The smallest absolute Gasteiger partial charge is 0.0991 e. The van der Waals surface area contributed by atoms with Crippen LogP contribution in [0.1, 0.15) is 17.5 Å². The zero-order valence-electron chi connectivity index (χ0n) is 11.8. The lowest BCUT2D eigenvalue weighted by atomic mass is 10.1. The molecule has 4 heteroatoms. The van der Waals surface area contributed by atoms with Gasteiger partial charge in [-0.1, -0.05) is 12.1 Å². The van der Waals surface area contributed by atoms with E-state index >= 15 is 0 Å². The summed E-state index contributed by atoms with van der Waals surface area (Å²) < 4.78 is 5.42. The number of hydrogen-bond donors (Lipinski definition) is 0. The van der Waals surface area contributed by atoms with E-state index in [0.717, 1.165) is 45.0 Å². The Bertz CT molecular complexity index is 473. The zero-order chi connectivity index (χ0) is 13.8. The van der Waals surface area contributed by atoms with Crippen molar-refractivity contribution in [3.63, 3.8) is 0 Å². The van der Waals surface area contributed by atoms with E-state index in [0.29, 0.717) is 6.04 Å². The fraction of sp³-hybridized carbons (Fsp3) is 0.562. The van der Waals surface area contributed by atoms with Crippen LogP contribution in [0.2, 0.25) is 0 Å². The Morgan fingerprint density at radius 1 is 1.15 bits per heavy atom. The van der Waals surface area contributed by atoms with Crippen LogP contribution >= 0.6 is 0 Å². The fourth-order valence-electron chi connectivity index (χ4n) is 3.14. The first-order chi connectivity index (χ1) is 9.85. The Morgan fingerprint density at radius 2 is 1.90 bits per heavy atom. The number of ether oxygens (including phenoxy) is 1. The second kappa shape index (κ2) is 6.36. The molecule has 0 aliphatic carbocycles. The second-order valence-corrected chi connectivity index (χ2v) is 5.63. The second-order valence-electron chi connectivity index (χ2n) is 5.63. The number of rotatable bonds is 3. The predicted octanol–water partition coefficient (Wildman–Crippen LogP) is 1.46. The molecule has 1 aromatic rings. The summed E-state index contributed by atoms with van der Waals surface area (Å²) in [6, 6.07) is 10.8. The van der Waals surface area contributed by atoms with Crippen LogP contribution in [0.5, 0.6) is 0 Å². The summed E-state index contributed by atoms with van der Waals surface area (Å²) in [6.07, 6.45) is 1.26. The fourth-order valence-corrected chi connectivity index (χ4v) is 3.14. The van der Waals surface area contributed by atoms with Crippen LogP contribution in [-0.2, 0) is 11.3 Å². The highest BCUT2D eigenvalue weighted by molar-refractivity contribution is 5.31. The summed E-state index contributed by atoms with van der Waals surface area (Å²) in [4.78, 5) is 5.09. The van der Waals surface area contributed by atoms with E-state index in [4.69, 9.17) is 10.00 Å². The van der Waals surface area contributed by atoms with E-state index in [2.05, 4.69) is 28.0 Å². The molecule has 2 saturated heterocycles. The van der Waals surface area contributed by atoms with Gasteiger partial charge < -0.3 is 4.74 Å². The van der Waals surface area contributed by atoms with Crippen molar-refractivity contribution in [3.8, 4) is 6.07 Å². The normalized spacial score (nSPS) is 24.6. The molecule has 0 aromatic heterocycles. The van der Waals surface area contributed by atoms with E-state index in [9.17, 15) is 0 Å². The van der Waals surface area contributed by atoms with Gasteiger partial charge in [-0.3, -0.25) is 9.80 Å². The Labute approximate surface area is 120 Å². The molecule has 1 atom stereocenters. The third kappa shape index (κ3) is 3.18. The molecule has 2 heterocycles. The maximum Gasteiger partial charge on any atom is 0.0991 e. The van der Waals surface area contributed by atoms with Gasteiger partial charge in [0.2, 0.25) is 0 Å². The molecule has 1 aromatic carbocycles. The molecule has 0 radical (unpaired) electrons. The molecule has 0 spiro atoms. The highest BCUT2D eigenvalue weighted by atomic mass is 16.5. The minimum atomic E-state index is 0.692. The average Bonchev–Trinajstić information content (AvgIpc) is 2.97. The summed E-state index contributed by atoms with van der Waals surface area (Å²) in [5.74, 6) is 0. The van der Waals surface area contributed by atoms with Gasteiger partial charge in [0.25, 0.3) is 0 Å².